The molecule has 2 heterocycles. The van der Waals surface area contributed by atoms with Gasteiger partial charge >= 0.3 is 0 Å². The van der Waals surface area contributed by atoms with E-state index in [1.54, 1.807) is 6.20 Å². The van der Waals surface area contributed by atoms with Crippen LogP contribution >= 0.6 is 0 Å². The van der Waals surface area contributed by atoms with Crippen molar-refractivity contribution < 1.29 is 20.1 Å². The Kier molecular flexibility index (Phi) is 6.70. The summed E-state index contributed by atoms with van der Waals surface area (Å²) in [5.41, 5.74) is 5.85. The van der Waals surface area contributed by atoms with E-state index in [2.05, 4.69) is 46.4 Å². The van der Waals surface area contributed by atoms with Gasteiger partial charge in [-0.25, -0.2) is 0 Å². The van der Waals surface area contributed by atoms with E-state index in [9.17, 15) is 0 Å². The molecule has 0 amide bonds. The zero-order valence-corrected chi connectivity index (χ0v) is 17.9. The zero-order valence-electron chi connectivity index (χ0n) is 15.5. The molecule has 1 aliphatic rings. The molecule has 0 atom stereocenters. The van der Waals surface area contributed by atoms with Gasteiger partial charge in [-0.3, -0.25) is 4.57 Å². The fourth-order valence-corrected chi connectivity index (χ4v) is 3.09. The van der Waals surface area contributed by atoms with E-state index in [0.29, 0.717) is 0 Å². The van der Waals surface area contributed by atoms with Gasteiger partial charge in [-0.2, -0.15) is 4.57 Å². The molecule has 0 saturated heterocycles. The van der Waals surface area contributed by atoms with Crippen LogP contribution in [0.1, 0.15) is 11.1 Å². The molecule has 4 aromatic rings. The molecule has 141 valence electrons. The second-order valence-corrected chi connectivity index (χ2v) is 6.34. The van der Waals surface area contributed by atoms with Crippen molar-refractivity contribution in [2.24, 2.45) is 7.05 Å². The van der Waals surface area contributed by atoms with E-state index >= 15 is 0 Å². The number of aromatic nitrogens is 3. The summed E-state index contributed by atoms with van der Waals surface area (Å²) in [6, 6.07) is 26.3. The number of aryl methyl sites for hydroxylation is 1. The molecule has 0 unspecified atom stereocenters. The van der Waals surface area contributed by atoms with Gasteiger partial charge in [0.2, 0.25) is 0 Å². The average Bonchev–Trinajstić information content (AvgIpc) is 3.36. The van der Waals surface area contributed by atoms with Gasteiger partial charge in [-0.05, 0) is 29.8 Å². The predicted molar refractivity (Wildman–Crippen MR) is 109 cm³/mol. The molecule has 1 aliphatic carbocycles. The fraction of sp³-hybridized carbons (Fsp3) is 0.0833. The van der Waals surface area contributed by atoms with Crippen LogP contribution in [-0.2, 0) is 33.6 Å². The largest absolute Gasteiger partial charge is 0.305 e. The molecule has 0 fully saturated rings. The maximum atomic E-state index is 4.22. The summed E-state index contributed by atoms with van der Waals surface area (Å²) in [4.78, 5) is 4.22. The minimum Gasteiger partial charge on any atom is -0.305 e. The molecule has 3 nitrogen and oxygen atoms in total. The summed E-state index contributed by atoms with van der Waals surface area (Å²) >= 11 is 0. The standard InChI is InChI=1S/C13H12N2.C11H8N.Ir/c1-14-8-9-15(10-14)13-7-6-11-4-2-3-5-12(11)13;1-2-6-10(7-3-1)11-8-4-5-9-12-11;/h2-4,7-10H,6H2,1H3;1-6,8-9H;/q;-1;. The number of pyridine rings is 1. The van der Waals surface area contributed by atoms with Gasteiger partial charge in [0, 0.05) is 33.3 Å². The van der Waals surface area contributed by atoms with Crippen molar-refractivity contribution in [2.75, 3.05) is 0 Å². The Morgan fingerprint density at radius 1 is 0.964 bits per heavy atom. The number of benzene rings is 2. The van der Waals surface area contributed by atoms with Crippen molar-refractivity contribution >= 4 is 5.70 Å². The van der Waals surface area contributed by atoms with E-state index in [0.717, 1.165) is 17.7 Å². The van der Waals surface area contributed by atoms with E-state index in [1.165, 1.54) is 16.8 Å². The first-order valence-electron chi connectivity index (χ1n) is 8.93. The summed E-state index contributed by atoms with van der Waals surface area (Å²) in [6.07, 6.45) is 11.2. The van der Waals surface area contributed by atoms with E-state index in [1.807, 2.05) is 72.4 Å². The average molecular weight is 543 g/mol. The van der Waals surface area contributed by atoms with Gasteiger partial charge in [0.1, 0.15) is 18.1 Å². The number of imidazole rings is 1. The second-order valence-electron chi connectivity index (χ2n) is 6.34. The Bertz CT molecular complexity index is 1020. The number of fused-ring (bicyclic) bond motifs is 1. The van der Waals surface area contributed by atoms with Crippen LogP contribution in [0.3, 0.4) is 0 Å². The van der Waals surface area contributed by atoms with Crippen LogP contribution in [0.5, 0.6) is 0 Å². The minimum atomic E-state index is 0. The maximum Gasteiger partial charge on any atom is 0.166 e. The monoisotopic (exact) mass is 543 g/mol. The van der Waals surface area contributed by atoms with Crippen molar-refractivity contribution in [1.82, 2.24) is 14.1 Å². The van der Waals surface area contributed by atoms with Crippen LogP contribution in [0, 0.1) is 12.1 Å². The minimum absolute atomic E-state index is 0. The number of nitrogens with zero attached hydrogens (tertiary/aromatic N) is 3. The first-order chi connectivity index (χ1) is 13.3. The van der Waals surface area contributed by atoms with Crippen molar-refractivity contribution in [1.29, 1.82) is 0 Å². The molecule has 0 spiro atoms. The molecule has 28 heavy (non-hydrogen) atoms. The Morgan fingerprint density at radius 2 is 1.82 bits per heavy atom. The van der Waals surface area contributed by atoms with E-state index in [4.69, 9.17) is 0 Å². The summed E-state index contributed by atoms with van der Waals surface area (Å²) < 4.78 is 4.18. The molecule has 2 aromatic heterocycles. The van der Waals surface area contributed by atoms with Crippen LogP contribution in [0.15, 0.2) is 91.7 Å². The zero-order chi connectivity index (χ0) is 18.5. The molecule has 0 bridgehead atoms. The molecular formula is C24H20IrN3-. The fourth-order valence-electron chi connectivity index (χ4n) is 3.09. The Hall–Kier alpha value is -2.81. The van der Waals surface area contributed by atoms with E-state index < -0.39 is 0 Å². The normalized spacial score (nSPS) is 11.5. The van der Waals surface area contributed by atoms with Crippen LogP contribution in [0.2, 0.25) is 0 Å². The first-order valence-corrected chi connectivity index (χ1v) is 8.93. The SMILES string of the molecule is Cn1ccn(C2=CCc3ccc[c-]c32)[cH+]1.[Ir].[c-]1ccccc1-c1ccccn1. The van der Waals surface area contributed by atoms with Crippen LogP contribution in [0.25, 0.3) is 17.0 Å². The molecule has 0 aliphatic heterocycles. The number of hydrogen-bond acceptors (Lipinski definition) is 1. The smallest absolute Gasteiger partial charge is 0.166 e. The van der Waals surface area contributed by atoms with Crippen molar-refractivity contribution in [3.05, 3.63) is 115 Å². The molecule has 0 N–H and O–H groups in total. The predicted octanol–water partition coefficient (Wildman–Crippen LogP) is 4.90. The van der Waals surface area contributed by atoms with Crippen LogP contribution in [-0.4, -0.2) is 14.1 Å². The summed E-state index contributed by atoms with van der Waals surface area (Å²) in [7, 11) is 2.03. The Morgan fingerprint density at radius 3 is 2.54 bits per heavy atom. The van der Waals surface area contributed by atoms with Crippen LogP contribution < -0.4 is 0 Å². The van der Waals surface area contributed by atoms with Crippen molar-refractivity contribution in [2.45, 2.75) is 6.42 Å². The number of rotatable bonds is 2. The quantitative estimate of drug-likeness (QED) is 0.331. The summed E-state index contributed by atoms with van der Waals surface area (Å²) in [5, 5.41) is 0. The van der Waals surface area contributed by atoms with Crippen molar-refractivity contribution in [3.63, 3.8) is 0 Å². The van der Waals surface area contributed by atoms with Gasteiger partial charge in [-0.1, -0.05) is 12.1 Å². The number of allylic oxidation sites excluding steroid dienone is 1. The van der Waals surface area contributed by atoms with Gasteiger partial charge in [-0.15, -0.1) is 65.7 Å². The second kappa shape index (κ2) is 9.41. The van der Waals surface area contributed by atoms with E-state index in [-0.39, 0.29) is 20.1 Å². The Labute approximate surface area is 179 Å². The summed E-state index contributed by atoms with van der Waals surface area (Å²) in [5.74, 6) is 0. The molecular weight excluding hydrogens is 523 g/mol. The first kappa shape index (κ1) is 19.9. The van der Waals surface area contributed by atoms with Gasteiger partial charge in [0.25, 0.3) is 0 Å². The van der Waals surface area contributed by atoms with Crippen LogP contribution in [0.4, 0.5) is 0 Å². The molecule has 5 rings (SSSR count). The van der Waals surface area contributed by atoms with Gasteiger partial charge in [0.15, 0.2) is 6.33 Å². The molecule has 4 heteroatoms. The maximum absolute atomic E-state index is 4.22. The summed E-state index contributed by atoms with van der Waals surface area (Å²) in [6.45, 7) is 0. The third-order valence-corrected chi connectivity index (χ3v) is 4.41. The van der Waals surface area contributed by atoms with Crippen molar-refractivity contribution in [3.8, 4) is 11.3 Å². The van der Waals surface area contributed by atoms with Gasteiger partial charge in [0.05, 0.1) is 0 Å². The molecule has 2 aromatic carbocycles. The molecule has 0 saturated carbocycles. The third kappa shape index (κ3) is 4.53. The molecule has 1 radical (unpaired) electrons. The number of hydrogen-bond donors (Lipinski definition) is 0. The topological polar surface area (TPSA) is 22.8 Å². The Balaban J connectivity index is 0.000000159. The van der Waals surface area contributed by atoms with Gasteiger partial charge < -0.3 is 4.98 Å². The third-order valence-electron chi connectivity index (χ3n) is 4.41.